The first-order valence-corrected chi connectivity index (χ1v) is 5.68. The number of hydrogen-bond donors (Lipinski definition) is 4. The van der Waals surface area contributed by atoms with E-state index >= 15 is 0 Å². The Morgan fingerprint density at radius 2 is 1.89 bits per heavy atom. The Morgan fingerprint density at radius 3 is 2.33 bits per heavy atom. The average molecular weight is 259 g/mol. The first kappa shape index (κ1) is 16.2. The summed E-state index contributed by atoms with van der Waals surface area (Å²) >= 11 is 0. The predicted molar refractivity (Wildman–Crippen MR) is 65.8 cm³/mol. The zero-order chi connectivity index (χ0) is 14.3. The minimum absolute atomic E-state index is 0.00897. The number of hydrogen-bond acceptors (Lipinski definition) is 3. The van der Waals surface area contributed by atoms with E-state index < -0.39 is 23.4 Å². The smallest absolute Gasteiger partial charge is 0.315 e. The standard InChI is InChI=1S/C11H21N3O4/c1-7(4-9(16)17)6-13-10(18)14-11(2,3)5-8(12)15/h7H,4-6H2,1-3H3,(H2,12,15)(H,16,17)(H2,13,14,18). The van der Waals surface area contributed by atoms with Crippen LogP contribution in [0.3, 0.4) is 0 Å². The monoisotopic (exact) mass is 259 g/mol. The van der Waals surface area contributed by atoms with Crippen LogP contribution >= 0.6 is 0 Å². The molecule has 0 spiro atoms. The highest BCUT2D eigenvalue weighted by Gasteiger charge is 2.22. The molecule has 0 aromatic heterocycles. The zero-order valence-corrected chi connectivity index (χ0v) is 10.9. The summed E-state index contributed by atoms with van der Waals surface area (Å²) in [5.74, 6) is -1.56. The highest BCUT2D eigenvalue weighted by molar-refractivity contribution is 5.78. The summed E-state index contributed by atoms with van der Waals surface area (Å²) in [6.07, 6.45) is 0.0239. The summed E-state index contributed by atoms with van der Waals surface area (Å²) in [4.78, 5) is 32.7. The summed E-state index contributed by atoms with van der Waals surface area (Å²) < 4.78 is 0. The van der Waals surface area contributed by atoms with Crippen LogP contribution in [0.2, 0.25) is 0 Å². The number of amides is 3. The summed E-state index contributed by atoms with van der Waals surface area (Å²) in [5.41, 5.74) is 4.33. The molecule has 0 heterocycles. The van der Waals surface area contributed by atoms with Crippen LogP contribution < -0.4 is 16.4 Å². The van der Waals surface area contributed by atoms with Crippen LogP contribution in [-0.2, 0) is 9.59 Å². The van der Waals surface area contributed by atoms with Gasteiger partial charge in [0.05, 0.1) is 0 Å². The molecular weight excluding hydrogens is 238 g/mol. The lowest BCUT2D eigenvalue weighted by Gasteiger charge is -2.25. The molecule has 7 heteroatoms. The molecule has 0 saturated heterocycles. The molecule has 3 amide bonds. The van der Waals surface area contributed by atoms with Crippen molar-refractivity contribution in [3.8, 4) is 0 Å². The Morgan fingerprint density at radius 1 is 1.33 bits per heavy atom. The summed E-state index contributed by atoms with van der Waals surface area (Å²) in [5, 5.41) is 13.7. The van der Waals surface area contributed by atoms with Crippen LogP contribution in [0, 0.1) is 5.92 Å². The normalized spacial score (nSPS) is 12.6. The second-order valence-corrected chi connectivity index (χ2v) is 5.07. The van der Waals surface area contributed by atoms with Gasteiger partial charge in [-0.3, -0.25) is 9.59 Å². The Bertz CT molecular complexity index is 328. The van der Waals surface area contributed by atoms with Crippen LogP contribution in [0.15, 0.2) is 0 Å². The molecule has 7 nitrogen and oxygen atoms in total. The van der Waals surface area contributed by atoms with Gasteiger partial charge in [0.1, 0.15) is 0 Å². The number of aliphatic carboxylic acids is 1. The van der Waals surface area contributed by atoms with Crippen molar-refractivity contribution in [1.29, 1.82) is 0 Å². The Hall–Kier alpha value is -1.79. The second-order valence-electron chi connectivity index (χ2n) is 5.07. The maximum Gasteiger partial charge on any atom is 0.315 e. The van der Waals surface area contributed by atoms with Crippen molar-refractivity contribution in [2.45, 2.75) is 39.2 Å². The Kier molecular flexibility index (Phi) is 6.15. The number of urea groups is 1. The van der Waals surface area contributed by atoms with Gasteiger partial charge in [-0.15, -0.1) is 0 Å². The average Bonchev–Trinajstić information content (AvgIpc) is 2.10. The van der Waals surface area contributed by atoms with E-state index in [0.29, 0.717) is 0 Å². The minimum atomic E-state index is -0.904. The lowest BCUT2D eigenvalue weighted by atomic mass is 10.0. The van der Waals surface area contributed by atoms with E-state index in [1.807, 2.05) is 0 Å². The largest absolute Gasteiger partial charge is 0.481 e. The minimum Gasteiger partial charge on any atom is -0.481 e. The summed E-state index contributed by atoms with van der Waals surface area (Å²) in [6.45, 7) is 5.34. The number of rotatable bonds is 7. The van der Waals surface area contributed by atoms with Gasteiger partial charge in [0, 0.05) is 24.9 Å². The van der Waals surface area contributed by atoms with Crippen LogP contribution in [-0.4, -0.2) is 35.1 Å². The molecule has 0 aliphatic carbocycles. The molecule has 0 fully saturated rings. The fourth-order valence-corrected chi connectivity index (χ4v) is 1.47. The first-order chi connectivity index (χ1) is 8.12. The van der Waals surface area contributed by atoms with Crippen molar-refractivity contribution in [3.05, 3.63) is 0 Å². The van der Waals surface area contributed by atoms with Crippen LogP contribution in [0.4, 0.5) is 4.79 Å². The van der Waals surface area contributed by atoms with Gasteiger partial charge in [0.2, 0.25) is 5.91 Å². The molecule has 0 bridgehead atoms. The lowest BCUT2D eigenvalue weighted by molar-refractivity contribution is -0.137. The third-order valence-corrected chi connectivity index (χ3v) is 2.20. The number of carbonyl (C=O) groups excluding carboxylic acids is 2. The van der Waals surface area contributed by atoms with E-state index in [2.05, 4.69) is 10.6 Å². The molecule has 1 atom stereocenters. The van der Waals surface area contributed by atoms with E-state index in [1.54, 1.807) is 20.8 Å². The molecule has 18 heavy (non-hydrogen) atoms. The topological polar surface area (TPSA) is 122 Å². The van der Waals surface area contributed by atoms with Gasteiger partial charge in [-0.1, -0.05) is 6.92 Å². The zero-order valence-electron chi connectivity index (χ0n) is 10.9. The van der Waals surface area contributed by atoms with Gasteiger partial charge < -0.3 is 21.5 Å². The van der Waals surface area contributed by atoms with Gasteiger partial charge in [-0.25, -0.2) is 4.79 Å². The fourth-order valence-electron chi connectivity index (χ4n) is 1.47. The highest BCUT2D eigenvalue weighted by atomic mass is 16.4. The number of primary amides is 1. The fraction of sp³-hybridized carbons (Fsp3) is 0.727. The van der Waals surface area contributed by atoms with Crippen molar-refractivity contribution >= 4 is 17.9 Å². The summed E-state index contributed by atoms with van der Waals surface area (Å²) in [6, 6.07) is -0.446. The van der Waals surface area contributed by atoms with Crippen LogP contribution in [0.5, 0.6) is 0 Å². The number of nitrogens with one attached hydrogen (secondary N) is 2. The van der Waals surface area contributed by atoms with Gasteiger partial charge in [0.15, 0.2) is 0 Å². The number of carbonyl (C=O) groups is 3. The van der Waals surface area contributed by atoms with E-state index in [4.69, 9.17) is 10.8 Å². The van der Waals surface area contributed by atoms with E-state index in [9.17, 15) is 14.4 Å². The first-order valence-electron chi connectivity index (χ1n) is 5.68. The summed E-state index contributed by atoms with van der Waals surface area (Å²) in [7, 11) is 0. The van der Waals surface area contributed by atoms with Crippen molar-refractivity contribution in [2.75, 3.05) is 6.54 Å². The van der Waals surface area contributed by atoms with E-state index in [-0.39, 0.29) is 25.3 Å². The molecule has 104 valence electrons. The third kappa shape index (κ3) is 8.37. The van der Waals surface area contributed by atoms with Gasteiger partial charge in [0.25, 0.3) is 0 Å². The maximum atomic E-state index is 11.5. The van der Waals surface area contributed by atoms with Crippen molar-refractivity contribution < 1.29 is 19.5 Å². The predicted octanol–water partition coefficient (Wildman–Crippen LogP) is 0.0504. The molecule has 0 aromatic carbocycles. The maximum absolute atomic E-state index is 11.5. The van der Waals surface area contributed by atoms with Crippen molar-refractivity contribution in [3.63, 3.8) is 0 Å². The third-order valence-electron chi connectivity index (χ3n) is 2.20. The molecule has 0 rings (SSSR count). The molecule has 0 radical (unpaired) electrons. The number of nitrogens with two attached hydrogens (primary N) is 1. The number of carboxylic acids is 1. The Balaban J connectivity index is 4.04. The molecule has 5 N–H and O–H groups in total. The molecular formula is C11H21N3O4. The van der Waals surface area contributed by atoms with Gasteiger partial charge in [-0.2, -0.15) is 0 Å². The molecule has 0 aliphatic heterocycles. The van der Waals surface area contributed by atoms with Crippen LogP contribution in [0.1, 0.15) is 33.6 Å². The lowest BCUT2D eigenvalue weighted by Crippen LogP contribution is -2.50. The highest BCUT2D eigenvalue weighted by Crippen LogP contribution is 2.07. The molecule has 0 aliphatic rings. The molecule has 1 unspecified atom stereocenters. The Labute approximate surface area is 106 Å². The van der Waals surface area contributed by atoms with Crippen molar-refractivity contribution in [1.82, 2.24) is 10.6 Å². The number of carboxylic acid groups (broad SMARTS) is 1. The van der Waals surface area contributed by atoms with Gasteiger partial charge in [-0.05, 0) is 19.8 Å². The van der Waals surface area contributed by atoms with Crippen LogP contribution in [0.25, 0.3) is 0 Å². The second kappa shape index (κ2) is 6.83. The van der Waals surface area contributed by atoms with E-state index in [0.717, 1.165) is 0 Å². The van der Waals surface area contributed by atoms with Gasteiger partial charge >= 0.3 is 12.0 Å². The van der Waals surface area contributed by atoms with E-state index in [1.165, 1.54) is 0 Å². The molecule has 0 saturated carbocycles. The SMILES string of the molecule is CC(CNC(=O)NC(C)(C)CC(N)=O)CC(=O)O. The quantitative estimate of drug-likeness (QED) is 0.516. The molecule has 0 aromatic rings. The van der Waals surface area contributed by atoms with Crippen molar-refractivity contribution in [2.24, 2.45) is 11.7 Å².